The summed E-state index contributed by atoms with van der Waals surface area (Å²) in [7, 11) is 1.28. The van der Waals surface area contributed by atoms with Gasteiger partial charge < -0.3 is 14.1 Å². The van der Waals surface area contributed by atoms with Gasteiger partial charge in [0, 0.05) is 17.1 Å². The first kappa shape index (κ1) is 16.1. The SMILES string of the molecule is COC(=O)CN(Cc1ccc(Cl)cc1)C(=O)c1occc1C. The predicted octanol–water partition coefficient (Wildman–Crippen LogP) is 3.06. The fraction of sp³-hybridized carbons (Fsp3) is 0.250. The van der Waals surface area contributed by atoms with E-state index in [1.165, 1.54) is 18.3 Å². The summed E-state index contributed by atoms with van der Waals surface area (Å²) in [5.74, 6) is -0.632. The molecule has 6 heteroatoms. The van der Waals surface area contributed by atoms with Crippen LogP contribution in [0.3, 0.4) is 0 Å². The number of halogens is 1. The van der Waals surface area contributed by atoms with Gasteiger partial charge in [-0.05, 0) is 30.7 Å². The molecule has 0 spiro atoms. The van der Waals surface area contributed by atoms with E-state index in [2.05, 4.69) is 4.74 Å². The molecule has 0 saturated carbocycles. The minimum absolute atomic E-state index is 0.155. The Kier molecular flexibility index (Phi) is 5.22. The molecule has 0 bridgehead atoms. The average molecular weight is 322 g/mol. The van der Waals surface area contributed by atoms with Gasteiger partial charge in [-0.1, -0.05) is 23.7 Å². The number of aryl methyl sites for hydroxylation is 1. The summed E-state index contributed by atoms with van der Waals surface area (Å²) >= 11 is 5.85. The lowest BCUT2D eigenvalue weighted by Crippen LogP contribution is -2.35. The van der Waals surface area contributed by atoms with Gasteiger partial charge >= 0.3 is 5.97 Å². The first-order valence-corrected chi connectivity index (χ1v) is 7.03. The predicted molar refractivity (Wildman–Crippen MR) is 81.7 cm³/mol. The third kappa shape index (κ3) is 3.89. The van der Waals surface area contributed by atoms with Gasteiger partial charge in [-0.15, -0.1) is 0 Å². The van der Waals surface area contributed by atoms with Crippen LogP contribution in [-0.4, -0.2) is 30.4 Å². The molecule has 22 heavy (non-hydrogen) atoms. The van der Waals surface area contributed by atoms with Crippen molar-refractivity contribution >= 4 is 23.5 Å². The number of nitrogens with zero attached hydrogens (tertiary/aromatic N) is 1. The Morgan fingerprint density at radius 1 is 1.23 bits per heavy atom. The summed E-state index contributed by atoms with van der Waals surface area (Å²) in [6, 6.07) is 8.77. The second kappa shape index (κ2) is 7.13. The zero-order valence-corrected chi connectivity index (χ0v) is 13.1. The Balaban J connectivity index is 2.22. The highest BCUT2D eigenvalue weighted by Gasteiger charge is 2.23. The molecule has 1 heterocycles. The van der Waals surface area contributed by atoms with Gasteiger partial charge in [-0.3, -0.25) is 9.59 Å². The third-order valence-electron chi connectivity index (χ3n) is 3.18. The highest BCUT2D eigenvalue weighted by atomic mass is 35.5. The molecule has 1 aromatic carbocycles. The molecule has 2 aromatic rings. The molecule has 0 N–H and O–H groups in total. The summed E-state index contributed by atoms with van der Waals surface area (Å²) in [4.78, 5) is 25.5. The van der Waals surface area contributed by atoms with Crippen molar-refractivity contribution < 1.29 is 18.7 Å². The lowest BCUT2D eigenvalue weighted by Gasteiger charge is -2.21. The molecule has 0 radical (unpaired) electrons. The number of rotatable bonds is 5. The van der Waals surface area contributed by atoms with E-state index in [0.29, 0.717) is 5.02 Å². The van der Waals surface area contributed by atoms with Gasteiger partial charge in [0.05, 0.1) is 13.4 Å². The van der Waals surface area contributed by atoms with Crippen LogP contribution in [0, 0.1) is 6.92 Å². The van der Waals surface area contributed by atoms with Gasteiger partial charge in [-0.25, -0.2) is 0 Å². The third-order valence-corrected chi connectivity index (χ3v) is 3.43. The van der Waals surface area contributed by atoms with Crippen molar-refractivity contribution in [2.24, 2.45) is 0 Å². The Labute approximate surface area is 133 Å². The molecule has 5 nitrogen and oxygen atoms in total. The first-order chi connectivity index (χ1) is 10.5. The number of ether oxygens (including phenoxy) is 1. The Bertz CT molecular complexity index is 663. The summed E-state index contributed by atoms with van der Waals surface area (Å²) in [5, 5.41) is 0.608. The van der Waals surface area contributed by atoms with E-state index < -0.39 is 5.97 Å². The van der Waals surface area contributed by atoms with E-state index in [-0.39, 0.29) is 24.8 Å². The standard InChI is InChI=1S/C16H16ClNO4/c1-11-7-8-22-15(11)16(20)18(10-14(19)21-2)9-12-3-5-13(17)6-4-12/h3-8H,9-10H2,1-2H3. The molecule has 1 amide bonds. The van der Waals surface area contributed by atoms with Crippen molar-refractivity contribution in [3.63, 3.8) is 0 Å². The van der Waals surface area contributed by atoms with Crippen LogP contribution in [0.1, 0.15) is 21.7 Å². The number of carbonyl (C=O) groups excluding carboxylic acids is 2. The number of hydrogen-bond donors (Lipinski definition) is 0. The quantitative estimate of drug-likeness (QED) is 0.794. The van der Waals surface area contributed by atoms with Gasteiger partial charge in [0.15, 0.2) is 5.76 Å². The van der Waals surface area contributed by atoms with E-state index >= 15 is 0 Å². The van der Waals surface area contributed by atoms with Crippen molar-refractivity contribution in [3.05, 3.63) is 58.5 Å². The fourth-order valence-corrected chi connectivity index (χ4v) is 2.09. The zero-order valence-electron chi connectivity index (χ0n) is 12.3. The number of hydrogen-bond acceptors (Lipinski definition) is 4. The molecule has 0 unspecified atom stereocenters. The smallest absolute Gasteiger partial charge is 0.325 e. The number of methoxy groups -OCH3 is 1. The van der Waals surface area contributed by atoms with Crippen LogP contribution in [-0.2, 0) is 16.1 Å². The van der Waals surface area contributed by atoms with Gasteiger partial charge in [-0.2, -0.15) is 0 Å². The Morgan fingerprint density at radius 3 is 2.45 bits per heavy atom. The molecule has 116 valence electrons. The van der Waals surface area contributed by atoms with Crippen molar-refractivity contribution in [3.8, 4) is 0 Å². The summed E-state index contributed by atoms with van der Waals surface area (Å²) in [5.41, 5.74) is 1.57. The number of benzene rings is 1. The van der Waals surface area contributed by atoms with Crippen LogP contribution >= 0.6 is 11.6 Å². The second-order valence-electron chi connectivity index (χ2n) is 4.80. The number of amides is 1. The summed E-state index contributed by atoms with van der Waals surface area (Å²) < 4.78 is 9.87. The van der Waals surface area contributed by atoms with E-state index in [9.17, 15) is 9.59 Å². The number of furan rings is 1. The number of esters is 1. The zero-order chi connectivity index (χ0) is 16.1. The largest absolute Gasteiger partial charge is 0.468 e. The molecular weight excluding hydrogens is 306 g/mol. The summed E-state index contributed by atoms with van der Waals surface area (Å²) in [6.45, 7) is 1.87. The maximum absolute atomic E-state index is 12.5. The molecule has 0 atom stereocenters. The average Bonchev–Trinajstić information content (AvgIpc) is 2.94. The van der Waals surface area contributed by atoms with Gasteiger partial charge in [0.2, 0.25) is 0 Å². The van der Waals surface area contributed by atoms with Crippen LogP contribution in [0.2, 0.25) is 5.02 Å². The molecule has 0 aliphatic rings. The van der Waals surface area contributed by atoms with Crippen LogP contribution in [0.5, 0.6) is 0 Å². The van der Waals surface area contributed by atoms with Crippen molar-refractivity contribution in [2.45, 2.75) is 13.5 Å². The van der Waals surface area contributed by atoms with E-state index in [0.717, 1.165) is 11.1 Å². The van der Waals surface area contributed by atoms with E-state index in [4.69, 9.17) is 16.0 Å². The van der Waals surface area contributed by atoms with Crippen molar-refractivity contribution in [2.75, 3.05) is 13.7 Å². The number of carbonyl (C=O) groups is 2. The lowest BCUT2D eigenvalue weighted by molar-refractivity contribution is -0.141. The highest BCUT2D eigenvalue weighted by Crippen LogP contribution is 2.16. The second-order valence-corrected chi connectivity index (χ2v) is 5.23. The molecule has 0 saturated heterocycles. The van der Waals surface area contributed by atoms with Crippen molar-refractivity contribution in [1.29, 1.82) is 0 Å². The molecule has 0 fully saturated rings. The maximum atomic E-state index is 12.5. The van der Waals surface area contributed by atoms with Gasteiger partial charge in [0.25, 0.3) is 5.91 Å². The van der Waals surface area contributed by atoms with Crippen molar-refractivity contribution in [1.82, 2.24) is 4.90 Å². The van der Waals surface area contributed by atoms with Gasteiger partial charge in [0.1, 0.15) is 6.54 Å². The molecule has 0 aliphatic heterocycles. The fourth-order valence-electron chi connectivity index (χ4n) is 1.97. The Morgan fingerprint density at radius 2 is 1.91 bits per heavy atom. The van der Waals surface area contributed by atoms with Crippen LogP contribution in [0.15, 0.2) is 41.0 Å². The van der Waals surface area contributed by atoms with E-state index in [1.54, 1.807) is 37.3 Å². The summed E-state index contributed by atoms with van der Waals surface area (Å²) in [6.07, 6.45) is 1.45. The molecule has 0 aliphatic carbocycles. The molecular formula is C16H16ClNO4. The normalized spacial score (nSPS) is 10.3. The van der Waals surface area contributed by atoms with Crippen LogP contribution < -0.4 is 0 Å². The lowest BCUT2D eigenvalue weighted by atomic mass is 10.2. The van der Waals surface area contributed by atoms with Crippen LogP contribution in [0.25, 0.3) is 0 Å². The first-order valence-electron chi connectivity index (χ1n) is 6.66. The topological polar surface area (TPSA) is 59.8 Å². The minimum atomic E-state index is -0.494. The van der Waals surface area contributed by atoms with Crippen LogP contribution in [0.4, 0.5) is 0 Å². The monoisotopic (exact) mass is 321 g/mol. The highest BCUT2D eigenvalue weighted by molar-refractivity contribution is 6.30. The molecule has 1 aromatic heterocycles. The Hall–Kier alpha value is -2.27. The maximum Gasteiger partial charge on any atom is 0.325 e. The van der Waals surface area contributed by atoms with E-state index in [1.807, 2.05) is 0 Å². The minimum Gasteiger partial charge on any atom is -0.468 e. The molecule has 2 rings (SSSR count).